The Hall–Kier alpha value is -1.08. The number of carbonyl (C=O) groups is 1. The third-order valence-electron chi connectivity index (χ3n) is 5.17. The maximum absolute atomic E-state index is 11.6. The van der Waals surface area contributed by atoms with Crippen LogP contribution in [0.2, 0.25) is 5.02 Å². The van der Waals surface area contributed by atoms with Gasteiger partial charge in [-0.15, -0.1) is 0 Å². The van der Waals surface area contributed by atoms with Crippen LogP contribution in [-0.4, -0.2) is 37.5 Å². The molecule has 1 aromatic carbocycles. The molecule has 0 aromatic heterocycles. The molecular formula is C18H24BClO5. The van der Waals surface area contributed by atoms with E-state index in [1.165, 1.54) is 0 Å². The van der Waals surface area contributed by atoms with Crippen LogP contribution in [0.1, 0.15) is 57.3 Å². The summed E-state index contributed by atoms with van der Waals surface area (Å²) in [7, 11) is -0.682. The molecule has 2 aliphatic heterocycles. The van der Waals surface area contributed by atoms with Crippen LogP contribution in [0.4, 0.5) is 0 Å². The first-order chi connectivity index (χ1) is 11.7. The summed E-state index contributed by atoms with van der Waals surface area (Å²) in [5.41, 5.74) is -0.0783. The molecule has 0 amide bonds. The van der Waals surface area contributed by atoms with Crippen LogP contribution in [0.25, 0.3) is 0 Å². The van der Waals surface area contributed by atoms with E-state index in [0.29, 0.717) is 28.4 Å². The second-order valence-corrected chi connectivity index (χ2v) is 7.94. The Morgan fingerprint density at radius 3 is 2.44 bits per heavy atom. The highest BCUT2D eigenvalue weighted by Gasteiger charge is 2.52. The molecular weight excluding hydrogens is 342 g/mol. The van der Waals surface area contributed by atoms with Gasteiger partial charge in [0.05, 0.1) is 22.8 Å². The van der Waals surface area contributed by atoms with Gasteiger partial charge in [0.25, 0.3) is 0 Å². The van der Waals surface area contributed by atoms with Crippen molar-refractivity contribution in [2.45, 2.75) is 64.4 Å². The highest BCUT2D eigenvalue weighted by atomic mass is 35.5. The van der Waals surface area contributed by atoms with Crippen molar-refractivity contribution in [2.24, 2.45) is 0 Å². The Balaban J connectivity index is 1.91. The molecule has 0 N–H and O–H groups in total. The number of ether oxygens (including phenoxy) is 2. The monoisotopic (exact) mass is 366 g/mol. The summed E-state index contributed by atoms with van der Waals surface area (Å²) < 4.78 is 23.7. The van der Waals surface area contributed by atoms with Crippen LogP contribution in [0.3, 0.4) is 0 Å². The van der Waals surface area contributed by atoms with Gasteiger partial charge in [0.2, 0.25) is 0 Å². The van der Waals surface area contributed by atoms with Crippen LogP contribution >= 0.6 is 11.6 Å². The van der Waals surface area contributed by atoms with Crippen LogP contribution in [0.15, 0.2) is 12.1 Å². The average Bonchev–Trinajstić information content (AvgIpc) is 2.76. The van der Waals surface area contributed by atoms with Gasteiger partial charge in [-0.1, -0.05) is 11.6 Å². The lowest BCUT2D eigenvalue weighted by Crippen LogP contribution is -2.41. The molecule has 0 bridgehead atoms. The normalized spacial score (nSPS) is 25.0. The van der Waals surface area contributed by atoms with Gasteiger partial charge >= 0.3 is 7.12 Å². The Morgan fingerprint density at radius 2 is 1.88 bits per heavy atom. The molecule has 0 radical (unpaired) electrons. The quantitative estimate of drug-likeness (QED) is 0.604. The minimum Gasteiger partial charge on any atom is -0.465 e. The van der Waals surface area contributed by atoms with Gasteiger partial charge in [0.15, 0.2) is 12.6 Å². The predicted octanol–water partition coefficient (Wildman–Crippen LogP) is 3.36. The van der Waals surface area contributed by atoms with E-state index in [9.17, 15) is 4.79 Å². The van der Waals surface area contributed by atoms with Gasteiger partial charge < -0.3 is 18.8 Å². The number of hydrogen-bond donors (Lipinski definition) is 0. The van der Waals surface area contributed by atoms with E-state index in [1.54, 1.807) is 12.1 Å². The Kier molecular flexibility index (Phi) is 5.17. The molecule has 0 saturated carbocycles. The molecule has 25 heavy (non-hydrogen) atoms. The molecule has 2 aliphatic rings. The average molecular weight is 367 g/mol. The lowest BCUT2D eigenvalue weighted by molar-refractivity contribution is -0.105. The van der Waals surface area contributed by atoms with E-state index >= 15 is 0 Å². The summed E-state index contributed by atoms with van der Waals surface area (Å²) in [6.07, 6.45) is 3.37. The van der Waals surface area contributed by atoms with Crippen LogP contribution in [0, 0.1) is 0 Å². The summed E-state index contributed by atoms with van der Waals surface area (Å²) >= 11 is 6.31. The van der Waals surface area contributed by atoms with Crippen molar-refractivity contribution in [3.63, 3.8) is 0 Å². The van der Waals surface area contributed by atoms with Crippen molar-refractivity contribution in [1.82, 2.24) is 0 Å². The van der Waals surface area contributed by atoms with Crippen molar-refractivity contribution in [3.8, 4) is 5.75 Å². The number of rotatable bonds is 4. The molecule has 1 aromatic rings. The van der Waals surface area contributed by atoms with E-state index in [2.05, 4.69) is 0 Å². The summed E-state index contributed by atoms with van der Waals surface area (Å²) in [6.45, 7) is 8.54. The molecule has 2 saturated heterocycles. The van der Waals surface area contributed by atoms with Gasteiger partial charge in [-0.05, 0) is 58.1 Å². The number of halogens is 1. The number of aldehydes is 1. The van der Waals surface area contributed by atoms with Gasteiger partial charge in [-0.2, -0.15) is 0 Å². The fraction of sp³-hybridized carbons (Fsp3) is 0.611. The molecule has 0 unspecified atom stereocenters. The fourth-order valence-electron chi connectivity index (χ4n) is 2.93. The minimum absolute atomic E-state index is 0.293. The maximum Gasteiger partial charge on any atom is 0.495 e. The highest BCUT2D eigenvalue weighted by Crippen LogP contribution is 2.37. The van der Waals surface area contributed by atoms with Crippen LogP contribution in [0.5, 0.6) is 5.75 Å². The molecule has 3 rings (SSSR count). The lowest BCUT2D eigenvalue weighted by Gasteiger charge is -2.32. The van der Waals surface area contributed by atoms with E-state index in [1.807, 2.05) is 27.7 Å². The van der Waals surface area contributed by atoms with Crippen molar-refractivity contribution in [1.29, 1.82) is 0 Å². The highest BCUT2D eigenvalue weighted by molar-refractivity contribution is 6.64. The van der Waals surface area contributed by atoms with Crippen molar-refractivity contribution >= 4 is 30.5 Å². The first-order valence-electron chi connectivity index (χ1n) is 8.66. The number of carbonyl (C=O) groups excluding carboxylic acids is 1. The van der Waals surface area contributed by atoms with E-state index in [-0.39, 0.29) is 6.29 Å². The zero-order valence-electron chi connectivity index (χ0n) is 15.1. The summed E-state index contributed by atoms with van der Waals surface area (Å²) in [5.74, 6) is 0.548. The first kappa shape index (κ1) is 18.7. The molecule has 2 heterocycles. The molecule has 0 spiro atoms. The summed E-state index contributed by atoms with van der Waals surface area (Å²) in [5, 5.41) is 0.313. The Labute approximate surface area is 154 Å². The zero-order valence-corrected chi connectivity index (χ0v) is 15.9. The van der Waals surface area contributed by atoms with Gasteiger partial charge in [0, 0.05) is 12.0 Å². The lowest BCUT2D eigenvalue weighted by atomic mass is 9.76. The van der Waals surface area contributed by atoms with Crippen LogP contribution < -0.4 is 10.2 Å². The topological polar surface area (TPSA) is 54.0 Å². The largest absolute Gasteiger partial charge is 0.495 e. The molecule has 7 heteroatoms. The first-order valence-corrected chi connectivity index (χ1v) is 9.04. The SMILES string of the molecule is CC1(C)OB(c2cc(O[C@H]3CCCCO3)cc(Cl)c2C=O)OC1(C)C. The Bertz CT molecular complexity index is 639. The van der Waals surface area contributed by atoms with Crippen LogP contribution in [-0.2, 0) is 14.0 Å². The van der Waals surface area contributed by atoms with E-state index in [4.69, 9.17) is 30.4 Å². The van der Waals surface area contributed by atoms with Crippen molar-refractivity contribution in [2.75, 3.05) is 6.61 Å². The molecule has 2 fully saturated rings. The number of hydrogen-bond acceptors (Lipinski definition) is 5. The van der Waals surface area contributed by atoms with Gasteiger partial charge in [-0.25, -0.2) is 0 Å². The molecule has 1 atom stereocenters. The second kappa shape index (κ2) is 6.91. The predicted molar refractivity (Wildman–Crippen MR) is 96.8 cm³/mol. The molecule has 5 nitrogen and oxygen atoms in total. The summed E-state index contributed by atoms with van der Waals surface area (Å²) in [4.78, 5) is 11.6. The third kappa shape index (κ3) is 3.72. The minimum atomic E-state index is -0.682. The van der Waals surface area contributed by atoms with Crippen molar-refractivity contribution < 1.29 is 23.6 Å². The van der Waals surface area contributed by atoms with Gasteiger partial charge in [0.1, 0.15) is 5.75 Å². The van der Waals surface area contributed by atoms with E-state index < -0.39 is 18.3 Å². The second-order valence-electron chi connectivity index (χ2n) is 7.53. The smallest absolute Gasteiger partial charge is 0.465 e. The molecule has 0 aliphatic carbocycles. The third-order valence-corrected chi connectivity index (χ3v) is 5.48. The Morgan fingerprint density at radius 1 is 1.20 bits per heavy atom. The zero-order chi connectivity index (χ0) is 18.2. The standard InChI is InChI=1S/C18H24BClO5/c1-17(2)18(3,4)25-19(24-17)14-9-12(10-15(20)13(14)11-21)23-16-7-5-6-8-22-16/h9-11,16H,5-8H2,1-4H3/t16-/m0/s1. The van der Waals surface area contributed by atoms with Crippen molar-refractivity contribution in [3.05, 3.63) is 22.7 Å². The summed E-state index contributed by atoms with van der Waals surface area (Å²) in [6, 6.07) is 3.40. The van der Waals surface area contributed by atoms with Gasteiger partial charge in [-0.3, -0.25) is 4.79 Å². The molecule has 136 valence electrons. The van der Waals surface area contributed by atoms with E-state index in [0.717, 1.165) is 25.5 Å². The number of benzene rings is 1. The maximum atomic E-state index is 11.6. The fourth-order valence-corrected chi connectivity index (χ4v) is 3.19.